The minimum absolute atomic E-state index is 0. The van der Waals surface area contributed by atoms with Crippen LogP contribution >= 0.6 is 24.8 Å². The van der Waals surface area contributed by atoms with Gasteiger partial charge in [0.2, 0.25) is 0 Å². The highest BCUT2D eigenvalue weighted by molar-refractivity contribution is 5.85. The highest BCUT2D eigenvalue weighted by Crippen LogP contribution is 1.92. The Morgan fingerprint density at radius 2 is 1.30 bits per heavy atom. The molecule has 0 saturated heterocycles. The van der Waals surface area contributed by atoms with Gasteiger partial charge in [-0.05, 0) is 17.9 Å². The zero-order valence-corrected chi connectivity index (χ0v) is 6.84. The van der Waals surface area contributed by atoms with Crippen molar-refractivity contribution >= 4 is 35.8 Å². The molecule has 0 fully saturated rings. The van der Waals surface area contributed by atoms with Crippen molar-refractivity contribution in [1.29, 1.82) is 0 Å². The standard InChI is InChI=1S/C7H8.2ClH.H4Si/c1-7-5-3-2-4-6-7;;;/h2-6H,1H3;2*1H;1H4. The number of hydrogen-bond donors (Lipinski definition) is 0. The first-order chi connectivity index (χ1) is 3.39. The predicted octanol–water partition coefficient (Wildman–Crippen LogP) is 1.39. The normalized spacial score (nSPS) is 6.10. The monoisotopic (exact) mass is 196 g/mol. The fraction of sp³-hybridized carbons (Fsp3) is 0.143. The Kier molecular flexibility index (Phi) is 14.9. The molecule has 0 amide bonds. The summed E-state index contributed by atoms with van der Waals surface area (Å²) in [5, 5.41) is 0. The summed E-state index contributed by atoms with van der Waals surface area (Å²) >= 11 is 0. The van der Waals surface area contributed by atoms with Crippen LogP contribution in [0, 0.1) is 6.92 Å². The van der Waals surface area contributed by atoms with E-state index in [0.29, 0.717) is 0 Å². The van der Waals surface area contributed by atoms with Gasteiger partial charge in [-0.1, -0.05) is 35.9 Å². The van der Waals surface area contributed by atoms with E-state index in [9.17, 15) is 0 Å². The SMILES string of the molecule is Cc1ccccc1.Cl.Cl.[SiH4]. The van der Waals surface area contributed by atoms with Crippen LogP contribution in [0.2, 0.25) is 0 Å². The maximum absolute atomic E-state index is 2.08. The van der Waals surface area contributed by atoms with Crippen LogP contribution in [0.1, 0.15) is 5.56 Å². The Morgan fingerprint density at radius 1 is 0.900 bits per heavy atom. The highest BCUT2D eigenvalue weighted by Gasteiger charge is 1.72. The lowest BCUT2D eigenvalue weighted by atomic mass is 10.2. The van der Waals surface area contributed by atoms with Crippen molar-refractivity contribution in [3.05, 3.63) is 35.9 Å². The van der Waals surface area contributed by atoms with Gasteiger partial charge in [-0.2, -0.15) is 0 Å². The van der Waals surface area contributed by atoms with Crippen molar-refractivity contribution < 1.29 is 0 Å². The predicted molar refractivity (Wildman–Crippen MR) is 57.0 cm³/mol. The first-order valence-electron chi connectivity index (χ1n) is 2.41. The van der Waals surface area contributed by atoms with Gasteiger partial charge in [-0.25, -0.2) is 0 Å². The second-order valence-electron chi connectivity index (χ2n) is 1.65. The summed E-state index contributed by atoms with van der Waals surface area (Å²) in [6, 6.07) is 10.3. The molecule has 1 aromatic carbocycles. The molecule has 0 bridgehead atoms. The summed E-state index contributed by atoms with van der Waals surface area (Å²) in [5.74, 6) is 0. The molecule has 1 aromatic rings. The van der Waals surface area contributed by atoms with Gasteiger partial charge in [-0.15, -0.1) is 24.8 Å². The summed E-state index contributed by atoms with van der Waals surface area (Å²) in [4.78, 5) is 0. The Labute approximate surface area is 78.9 Å². The third-order valence-electron chi connectivity index (χ3n) is 0.940. The van der Waals surface area contributed by atoms with Crippen molar-refractivity contribution in [2.45, 2.75) is 6.92 Å². The fourth-order valence-corrected chi connectivity index (χ4v) is 0.534. The molecule has 0 aliphatic heterocycles. The van der Waals surface area contributed by atoms with Crippen LogP contribution in [-0.4, -0.2) is 11.0 Å². The van der Waals surface area contributed by atoms with Crippen LogP contribution in [0.5, 0.6) is 0 Å². The molecule has 1 rings (SSSR count). The van der Waals surface area contributed by atoms with E-state index < -0.39 is 0 Å². The molecule has 60 valence electrons. The van der Waals surface area contributed by atoms with E-state index in [-0.39, 0.29) is 35.8 Å². The molecule has 0 saturated carbocycles. The van der Waals surface area contributed by atoms with E-state index in [4.69, 9.17) is 0 Å². The van der Waals surface area contributed by atoms with Crippen molar-refractivity contribution in [2.24, 2.45) is 0 Å². The molecule has 0 nitrogen and oxygen atoms in total. The Bertz CT molecular complexity index is 142. The maximum atomic E-state index is 2.08. The number of aryl methyl sites for hydroxylation is 1. The van der Waals surface area contributed by atoms with E-state index in [0.717, 1.165) is 0 Å². The van der Waals surface area contributed by atoms with E-state index in [1.165, 1.54) is 5.56 Å². The van der Waals surface area contributed by atoms with Crippen molar-refractivity contribution in [2.75, 3.05) is 0 Å². The third-order valence-corrected chi connectivity index (χ3v) is 0.940. The van der Waals surface area contributed by atoms with Crippen molar-refractivity contribution in [3.8, 4) is 0 Å². The molecule has 0 N–H and O–H groups in total. The van der Waals surface area contributed by atoms with Gasteiger partial charge in [0.05, 0.1) is 0 Å². The molecule has 0 spiro atoms. The molecule has 3 heteroatoms. The Balaban J connectivity index is -0.000000163. The number of rotatable bonds is 0. The topological polar surface area (TPSA) is 0 Å². The quantitative estimate of drug-likeness (QED) is 0.551. The molecule has 0 atom stereocenters. The lowest BCUT2D eigenvalue weighted by Gasteiger charge is -1.82. The molecule has 0 aliphatic carbocycles. The average molecular weight is 197 g/mol. The minimum Gasteiger partial charge on any atom is -0.147 e. The van der Waals surface area contributed by atoms with Gasteiger partial charge >= 0.3 is 0 Å². The third kappa shape index (κ3) is 6.14. The lowest BCUT2D eigenvalue weighted by molar-refractivity contribution is 1.48. The Morgan fingerprint density at radius 3 is 1.50 bits per heavy atom. The molecular weight excluding hydrogens is 183 g/mol. The molecule has 0 unspecified atom stereocenters. The molecule has 0 aromatic heterocycles. The van der Waals surface area contributed by atoms with Gasteiger partial charge < -0.3 is 0 Å². The number of benzene rings is 1. The summed E-state index contributed by atoms with van der Waals surface area (Å²) in [7, 11) is 0. The molecule has 10 heavy (non-hydrogen) atoms. The zero-order chi connectivity index (χ0) is 5.11. The minimum atomic E-state index is 0. The van der Waals surface area contributed by atoms with Gasteiger partial charge in [0.15, 0.2) is 0 Å². The highest BCUT2D eigenvalue weighted by atomic mass is 35.5. The smallest absolute Gasteiger partial charge is 0.0149 e. The average Bonchev–Trinajstić information content (AvgIpc) is 1.69. The summed E-state index contributed by atoms with van der Waals surface area (Å²) < 4.78 is 0. The van der Waals surface area contributed by atoms with Crippen LogP contribution in [0.3, 0.4) is 0 Å². The summed E-state index contributed by atoms with van der Waals surface area (Å²) in [5.41, 5.74) is 1.32. The van der Waals surface area contributed by atoms with E-state index in [2.05, 4.69) is 19.1 Å². The van der Waals surface area contributed by atoms with Crippen LogP contribution in [0.4, 0.5) is 0 Å². The molecular formula is C7H14Cl2Si. The lowest BCUT2D eigenvalue weighted by Crippen LogP contribution is -1.62. The van der Waals surface area contributed by atoms with Crippen LogP contribution < -0.4 is 0 Å². The number of halogens is 2. The first kappa shape index (κ1) is 16.5. The Hall–Kier alpha value is 0.0169. The van der Waals surface area contributed by atoms with Gasteiger partial charge in [0.25, 0.3) is 0 Å². The van der Waals surface area contributed by atoms with E-state index in [1.54, 1.807) is 0 Å². The van der Waals surface area contributed by atoms with Gasteiger partial charge in [0, 0.05) is 0 Å². The van der Waals surface area contributed by atoms with Gasteiger partial charge in [0.1, 0.15) is 0 Å². The van der Waals surface area contributed by atoms with E-state index >= 15 is 0 Å². The summed E-state index contributed by atoms with van der Waals surface area (Å²) in [6.45, 7) is 2.08. The van der Waals surface area contributed by atoms with Crippen LogP contribution in [-0.2, 0) is 0 Å². The molecule has 0 radical (unpaired) electrons. The first-order valence-corrected chi connectivity index (χ1v) is 2.41. The van der Waals surface area contributed by atoms with Crippen LogP contribution in [0.15, 0.2) is 30.3 Å². The number of hydrogen-bond acceptors (Lipinski definition) is 0. The zero-order valence-electron chi connectivity index (χ0n) is 5.20. The second-order valence-corrected chi connectivity index (χ2v) is 1.65. The van der Waals surface area contributed by atoms with E-state index in [1.807, 2.05) is 18.2 Å². The van der Waals surface area contributed by atoms with Crippen LogP contribution in [0.25, 0.3) is 0 Å². The molecule has 0 heterocycles. The fourth-order valence-electron chi connectivity index (χ4n) is 0.534. The summed E-state index contributed by atoms with van der Waals surface area (Å²) in [6.07, 6.45) is 0. The second kappa shape index (κ2) is 9.02. The molecule has 0 aliphatic rings. The maximum Gasteiger partial charge on any atom is -0.0149 e. The van der Waals surface area contributed by atoms with Crippen molar-refractivity contribution in [3.63, 3.8) is 0 Å². The largest absolute Gasteiger partial charge is 0.147 e. The van der Waals surface area contributed by atoms with Crippen molar-refractivity contribution in [1.82, 2.24) is 0 Å². The van der Waals surface area contributed by atoms with Gasteiger partial charge in [-0.3, -0.25) is 0 Å².